The summed E-state index contributed by atoms with van der Waals surface area (Å²) in [4.78, 5) is 15.0. The maximum atomic E-state index is 8.87. The number of benzene rings is 7. The quantitative estimate of drug-likeness (QED) is 0.184. The molecule has 0 spiro atoms. The number of para-hydroxylation sites is 2. The number of aromatic nitrogens is 4. The Bertz CT molecular complexity index is 3380. The van der Waals surface area contributed by atoms with E-state index < -0.39 is 18.1 Å². The fourth-order valence-electron chi connectivity index (χ4n) is 7.35. The molecule has 0 bridgehead atoms. The molecule has 0 radical (unpaired) electrons. The second-order valence-electron chi connectivity index (χ2n) is 12.4. The summed E-state index contributed by atoms with van der Waals surface area (Å²) in [6.07, 6.45) is 0. The van der Waals surface area contributed by atoms with Crippen LogP contribution in [0.15, 0.2) is 158 Å². The molecule has 51 heavy (non-hydrogen) atoms. The predicted octanol–water partition coefficient (Wildman–Crippen LogP) is 12.7. The summed E-state index contributed by atoms with van der Waals surface area (Å²) in [6.45, 7) is 0. The van der Waals surface area contributed by atoms with Crippen LogP contribution in [-0.4, -0.2) is 19.5 Å². The Hall–Kier alpha value is -6.21. The fraction of sp³-hybridized carbons (Fsp3) is 0. The Morgan fingerprint density at radius 1 is 0.431 bits per heavy atom. The first-order valence-electron chi connectivity index (χ1n) is 19.0. The van der Waals surface area contributed by atoms with Gasteiger partial charge in [-0.15, -0.1) is 22.7 Å². The number of nitrogens with zero attached hydrogens (tertiary/aromatic N) is 4. The van der Waals surface area contributed by atoms with Crippen LogP contribution in [0.25, 0.3) is 102 Å². The summed E-state index contributed by atoms with van der Waals surface area (Å²) in [7, 11) is 0. The Morgan fingerprint density at radius 2 is 0.941 bits per heavy atom. The van der Waals surface area contributed by atoms with Gasteiger partial charge in [0.15, 0.2) is 17.5 Å². The van der Waals surface area contributed by atoms with E-state index in [2.05, 4.69) is 95.6 Å². The van der Waals surface area contributed by atoms with Crippen LogP contribution in [0.4, 0.5) is 0 Å². The molecule has 0 saturated carbocycles. The van der Waals surface area contributed by atoms with Crippen LogP contribution in [0.5, 0.6) is 0 Å². The summed E-state index contributed by atoms with van der Waals surface area (Å²) in [6, 6.07) is 41.7. The second-order valence-corrected chi connectivity index (χ2v) is 14.5. The zero-order valence-corrected chi connectivity index (χ0v) is 28.4. The van der Waals surface area contributed by atoms with Crippen molar-refractivity contribution in [2.24, 2.45) is 0 Å². The van der Waals surface area contributed by atoms with Gasteiger partial charge in [0, 0.05) is 63.1 Å². The molecule has 0 fully saturated rings. The number of fused-ring (bicyclic) bond motifs is 9. The third-order valence-electron chi connectivity index (χ3n) is 9.57. The molecule has 0 amide bonds. The lowest BCUT2D eigenvalue weighted by atomic mass is 10.1. The zero-order chi connectivity index (χ0) is 37.8. The maximum Gasteiger partial charge on any atom is 0.165 e. The SMILES string of the molecule is [2H]c1c([2H])c([2H])c(-c2nc(-c3cccc4c3sc3ccccc34)nc(-c3cccc4c3sc3c(-n5c6ccccc6c6ccccc65)cccc34)n2)c([2H])c1[2H]. The topological polar surface area (TPSA) is 43.6 Å². The first kappa shape index (κ1) is 24.0. The maximum absolute atomic E-state index is 8.87. The lowest BCUT2D eigenvalue weighted by molar-refractivity contribution is 1.08. The first-order chi connectivity index (χ1) is 27.4. The van der Waals surface area contributed by atoms with Gasteiger partial charge in [0.25, 0.3) is 0 Å². The van der Waals surface area contributed by atoms with E-state index in [4.69, 9.17) is 21.8 Å². The number of hydrogen-bond acceptors (Lipinski definition) is 5. The third-order valence-corrected chi connectivity index (χ3v) is 12.1. The smallest absolute Gasteiger partial charge is 0.165 e. The van der Waals surface area contributed by atoms with Crippen molar-refractivity contribution in [1.29, 1.82) is 0 Å². The molecular weight excluding hydrogens is 661 g/mol. The van der Waals surface area contributed by atoms with Crippen molar-refractivity contribution < 1.29 is 6.85 Å². The zero-order valence-electron chi connectivity index (χ0n) is 31.7. The Balaban J connectivity index is 1.20. The molecule has 0 atom stereocenters. The van der Waals surface area contributed by atoms with Gasteiger partial charge >= 0.3 is 0 Å². The lowest BCUT2D eigenvalue weighted by Crippen LogP contribution is -2.00. The highest BCUT2D eigenvalue weighted by molar-refractivity contribution is 7.27. The fourth-order valence-corrected chi connectivity index (χ4v) is 9.88. The first-order valence-corrected chi connectivity index (χ1v) is 18.2. The van der Waals surface area contributed by atoms with Gasteiger partial charge in [0.2, 0.25) is 0 Å². The molecule has 0 aliphatic rings. The van der Waals surface area contributed by atoms with Gasteiger partial charge < -0.3 is 4.57 Å². The predicted molar refractivity (Wildman–Crippen MR) is 216 cm³/mol. The third kappa shape index (κ3) is 4.34. The van der Waals surface area contributed by atoms with Crippen molar-refractivity contribution >= 4 is 84.8 Å². The lowest BCUT2D eigenvalue weighted by Gasteiger charge is -2.09. The highest BCUT2D eigenvalue weighted by Crippen LogP contribution is 2.44. The molecule has 0 saturated heterocycles. The molecule has 0 N–H and O–H groups in total. The standard InChI is InChI=1S/C45H26N4S2/c1-2-13-27(14-3-1)43-46-44(34-21-10-18-31-30-17-6-9-26-39(30)50-40(31)34)48-45(47-43)35-22-11-19-32-33-20-12-25-38(42(33)51-41(32)35)49-36-23-7-4-15-28(36)29-16-5-8-24-37(29)49/h1-26H/i1D,2D,3D,13D,14D. The minimum Gasteiger partial charge on any atom is -0.308 e. The Kier molecular flexibility index (Phi) is 5.25. The monoisotopic (exact) mass is 691 g/mol. The van der Waals surface area contributed by atoms with E-state index in [0.717, 1.165) is 68.2 Å². The van der Waals surface area contributed by atoms with Crippen LogP contribution in [-0.2, 0) is 0 Å². The van der Waals surface area contributed by atoms with Crippen molar-refractivity contribution in [2.45, 2.75) is 0 Å². The summed E-state index contributed by atoms with van der Waals surface area (Å²) < 4.78 is 49.4. The van der Waals surface area contributed by atoms with Crippen LogP contribution in [0, 0.1) is 0 Å². The van der Waals surface area contributed by atoms with Crippen LogP contribution in [0.3, 0.4) is 0 Å². The van der Waals surface area contributed by atoms with Crippen LogP contribution in [0.2, 0.25) is 0 Å². The van der Waals surface area contributed by atoms with Crippen LogP contribution >= 0.6 is 22.7 Å². The van der Waals surface area contributed by atoms with E-state index in [-0.39, 0.29) is 23.5 Å². The van der Waals surface area contributed by atoms with Crippen LogP contribution < -0.4 is 0 Å². The largest absolute Gasteiger partial charge is 0.308 e. The van der Waals surface area contributed by atoms with Gasteiger partial charge in [-0.1, -0.05) is 121 Å². The van der Waals surface area contributed by atoms with Gasteiger partial charge in [-0.3, -0.25) is 0 Å². The Labute approximate surface area is 307 Å². The number of rotatable bonds is 4. The molecule has 0 aliphatic heterocycles. The summed E-state index contributed by atoms with van der Waals surface area (Å²) in [5.74, 6) is 0.729. The molecule has 11 aromatic rings. The van der Waals surface area contributed by atoms with Gasteiger partial charge in [-0.25, -0.2) is 15.0 Å². The summed E-state index contributed by atoms with van der Waals surface area (Å²) >= 11 is 3.32. The summed E-state index contributed by atoms with van der Waals surface area (Å²) in [5, 5.41) is 6.72. The molecule has 4 nitrogen and oxygen atoms in total. The van der Waals surface area contributed by atoms with E-state index in [1.807, 2.05) is 36.4 Å². The van der Waals surface area contributed by atoms with Crippen LogP contribution in [0.1, 0.15) is 6.85 Å². The molecule has 0 unspecified atom stereocenters. The van der Waals surface area contributed by atoms with Crippen molar-refractivity contribution in [3.63, 3.8) is 0 Å². The Morgan fingerprint density at radius 3 is 1.63 bits per heavy atom. The van der Waals surface area contributed by atoms with Crippen molar-refractivity contribution in [3.05, 3.63) is 158 Å². The van der Waals surface area contributed by atoms with Crippen molar-refractivity contribution in [3.8, 4) is 39.9 Å². The van der Waals surface area contributed by atoms with Gasteiger partial charge in [-0.2, -0.15) is 0 Å². The number of hydrogen-bond donors (Lipinski definition) is 0. The molecule has 7 aromatic carbocycles. The van der Waals surface area contributed by atoms with E-state index in [1.54, 1.807) is 22.7 Å². The minimum absolute atomic E-state index is 0.0178. The molecule has 6 heteroatoms. The average Bonchev–Trinajstić information content (AvgIpc) is 3.92. The van der Waals surface area contributed by atoms with Gasteiger partial charge in [-0.05, 0) is 36.4 Å². The molecule has 4 heterocycles. The molecular formula is C45H26N4S2. The molecule has 4 aromatic heterocycles. The molecule has 0 aliphatic carbocycles. The number of thiophene rings is 2. The van der Waals surface area contributed by atoms with E-state index in [0.29, 0.717) is 11.6 Å². The average molecular weight is 692 g/mol. The van der Waals surface area contributed by atoms with Crippen molar-refractivity contribution in [1.82, 2.24) is 19.5 Å². The van der Waals surface area contributed by atoms with E-state index >= 15 is 0 Å². The van der Waals surface area contributed by atoms with Crippen molar-refractivity contribution in [2.75, 3.05) is 0 Å². The highest BCUT2D eigenvalue weighted by atomic mass is 32.1. The molecule has 11 rings (SSSR count). The van der Waals surface area contributed by atoms with E-state index in [1.165, 1.54) is 10.8 Å². The van der Waals surface area contributed by atoms with Gasteiger partial charge in [0.1, 0.15) is 0 Å². The van der Waals surface area contributed by atoms with E-state index in [9.17, 15) is 0 Å². The second kappa shape index (κ2) is 11.2. The molecule has 238 valence electrons. The normalized spacial score (nSPS) is 13.3. The minimum atomic E-state index is -0.470. The van der Waals surface area contributed by atoms with Gasteiger partial charge in [0.05, 0.1) is 28.3 Å². The summed E-state index contributed by atoms with van der Waals surface area (Å²) in [5.41, 5.74) is 4.79. The highest BCUT2D eigenvalue weighted by Gasteiger charge is 2.21.